The molecule has 0 fully saturated rings. The molecule has 100 valence electrons. The van der Waals surface area contributed by atoms with Crippen LogP contribution in [0.15, 0.2) is 54.1 Å². The Morgan fingerprint density at radius 1 is 1.10 bits per heavy atom. The SMILES string of the molecule is CSc1ncc(-c2cnn(Cc3ccccc3)c2)nn1. The average molecular weight is 283 g/mol. The third-order valence-electron chi connectivity index (χ3n) is 2.84. The molecule has 3 rings (SSSR count). The molecule has 3 aromatic rings. The molecular formula is C14H13N5S. The average Bonchev–Trinajstić information content (AvgIpc) is 2.97. The number of thioether (sulfide) groups is 1. The molecule has 0 N–H and O–H groups in total. The number of rotatable bonds is 4. The number of nitrogens with zero attached hydrogens (tertiary/aromatic N) is 5. The highest BCUT2D eigenvalue weighted by molar-refractivity contribution is 7.98. The minimum absolute atomic E-state index is 0.672. The fourth-order valence-electron chi connectivity index (χ4n) is 1.84. The molecule has 0 bridgehead atoms. The van der Waals surface area contributed by atoms with Crippen molar-refractivity contribution in [3.8, 4) is 11.3 Å². The second-order valence-corrected chi connectivity index (χ2v) is 5.02. The van der Waals surface area contributed by atoms with E-state index < -0.39 is 0 Å². The highest BCUT2D eigenvalue weighted by Gasteiger charge is 2.05. The van der Waals surface area contributed by atoms with Crippen molar-refractivity contribution in [2.75, 3.05) is 6.26 Å². The van der Waals surface area contributed by atoms with E-state index in [-0.39, 0.29) is 0 Å². The summed E-state index contributed by atoms with van der Waals surface area (Å²) in [6.07, 6.45) is 7.39. The molecule has 6 heteroatoms. The van der Waals surface area contributed by atoms with Gasteiger partial charge in [-0.25, -0.2) is 4.98 Å². The van der Waals surface area contributed by atoms with Gasteiger partial charge in [0.05, 0.1) is 18.9 Å². The molecule has 0 saturated carbocycles. The number of hydrogen-bond donors (Lipinski definition) is 0. The Kier molecular flexibility index (Phi) is 3.73. The van der Waals surface area contributed by atoms with Crippen LogP contribution in [-0.2, 0) is 6.54 Å². The molecular weight excluding hydrogens is 270 g/mol. The summed E-state index contributed by atoms with van der Waals surface area (Å²) < 4.78 is 1.88. The van der Waals surface area contributed by atoms with E-state index in [0.717, 1.165) is 17.8 Å². The van der Waals surface area contributed by atoms with Gasteiger partial charge in [0.2, 0.25) is 5.16 Å². The first-order valence-corrected chi connectivity index (χ1v) is 7.38. The maximum Gasteiger partial charge on any atom is 0.208 e. The molecule has 0 aliphatic carbocycles. The van der Waals surface area contributed by atoms with E-state index in [2.05, 4.69) is 32.4 Å². The summed E-state index contributed by atoms with van der Waals surface area (Å²) in [6.45, 7) is 0.741. The van der Waals surface area contributed by atoms with Gasteiger partial charge in [0.25, 0.3) is 0 Å². The first-order valence-electron chi connectivity index (χ1n) is 6.15. The van der Waals surface area contributed by atoms with Crippen molar-refractivity contribution in [1.29, 1.82) is 0 Å². The Morgan fingerprint density at radius 2 is 1.95 bits per heavy atom. The zero-order valence-corrected chi connectivity index (χ0v) is 11.8. The van der Waals surface area contributed by atoms with Crippen LogP contribution in [0.4, 0.5) is 0 Å². The van der Waals surface area contributed by atoms with Crippen LogP contribution in [0.1, 0.15) is 5.56 Å². The Morgan fingerprint density at radius 3 is 2.65 bits per heavy atom. The van der Waals surface area contributed by atoms with E-state index in [1.807, 2.05) is 35.3 Å². The summed E-state index contributed by atoms with van der Waals surface area (Å²) in [5.41, 5.74) is 2.87. The Labute approximate surface area is 121 Å². The summed E-state index contributed by atoms with van der Waals surface area (Å²) >= 11 is 1.47. The lowest BCUT2D eigenvalue weighted by Crippen LogP contribution is -1.99. The topological polar surface area (TPSA) is 56.5 Å². The van der Waals surface area contributed by atoms with Gasteiger partial charge in [0, 0.05) is 11.8 Å². The summed E-state index contributed by atoms with van der Waals surface area (Å²) in [4.78, 5) is 4.22. The molecule has 1 aromatic carbocycles. The van der Waals surface area contributed by atoms with Gasteiger partial charge in [-0.05, 0) is 11.8 Å². The standard InChI is InChI=1S/C14H13N5S/c1-20-14-15-8-13(17-18-14)12-7-16-19(10-12)9-11-5-3-2-4-6-11/h2-8,10H,9H2,1H3. The molecule has 0 aliphatic rings. The van der Waals surface area contributed by atoms with E-state index in [9.17, 15) is 0 Å². The molecule has 2 heterocycles. The minimum Gasteiger partial charge on any atom is -0.268 e. The van der Waals surface area contributed by atoms with Crippen LogP contribution in [0, 0.1) is 0 Å². The zero-order chi connectivity index (χ0) is 13.8. The van der Waals surface area contributed by atoms with Crippen LogP contribution in [0.2, 0.25) is 0 Å². The fraction of sp³-hybridized carbons (Fsp3) is 0.143. The lowest BCUT2D eigenvalue weighted by Gasteiger charge is -2.00. The van der Waals surface area contributed by atoms with Crippen molar-refractivity contribution >= 4 is 11.8 Å². The van der Waals surface area contributed by atoms with Crippen molar-refractivity contribution < 1.29 is 0 Å². The summed E-state index contributed by atoms with van der Waals surface area (Å²) in [5.74, 6) is 0. The third-order valence-corrected chi connectivity index (χ3v) is 3.39. The highest BCUT2D eigenvalue weighted by Crippen LogP contribution is 2.16. The number of aromatic nitrogens is 5. The molecule has 0 saturated heterocycles. The Bertz CT molecular complexity index is 678. The van der Waals surface area contributed by atoms with E-state index in [1.165, 1.54) is 17.3 Å². The highest BCUT2D eigenvalue weighted by atomic mass is 32.2. The van der Waals surface area contributed by atoms with Crippen molar-refractivity contribution in [3.05, 3.63) is 54.5 Å². The number of hydrogen-bond acceptors (Lipinski definition) is 5. The predicted octanol–water partition coefficient (Wildman–Crippen LogP) is 2.51. The van der Waals surface area contributed by atoms with Gasteiger partial charge in [-0.2, -0.15) is 5.10 Å². The molecule has 0 aliphatic heterocycles. The molecule has 0 atom stereocenters. The molecule has 0 amide bonds. The third kappa shape index (κ3) is 2.85. The fourth-order valence-corrected chi connectivity index (χ4v) is 2.12. The quantitative estimate of drug-likeness (QED) is 0.689. The molecule has 0 unspecified atom stereocenters. The second kappa shape index (κ2) is 5.83. The maximum atomic E-state index is 4.35. The predicted molar refractivity (Wildman–Crippen MR) is 78.4 cm³/mol. The van der Waals surface area contributed by atoms with Crippen molar-refractivity contribution in [3.63, 3.8) is 0 Å². The normalized spacial score (nSPS) is 10.7. The summed E-state index contributed by atoms with van der Waals surface area (Å²) in [5, 5.41) is 13.2. The Hall–Kier alpha value is -2.21. The van der Waals surface area contributed by atoms with E-state index in [0.29, 0.717) is 5.16 Å². The number of benzene rings is 1. The summed E-state index contributed by atoms with van der Waals surface area (Å²) in [6, 6.07) is 10.2. The van der Waals surface area contributed by atoms with Gasteiger partial charge in [0.15, 0.2) is 0 Å². The van der Waals surface area contributed by atoms with Gasteiger partial charge in [-0.15, -0.1) is 10.2 Å². The van der Waals surface area contributed by atoms with Crippen LogP contribution < -0.4 is 0 Å². The van der Waals surface area contributed by atoms with Crippen molar-refractivity contribution in [1.82, 2.24) is 25.0 Å². The van der Waals surface area contributed by atoms with Crippen molar-refractivity contribution in [2.45, 2.75) is 11.7 Å². The van der Waals surface area contributed by atoms with E-state index in [1.54, 1.807) is 12.4 Å². The minimum atomic E-state index is 0.672. The van der Waals surface area contributed by atoms with Crippen LogP contribution in [0.3, 0.4) is 0 Å². The molecule has 2 aromatic heterocycles. The smallest absolute Gasteiger partial charge is 0.208 e. The van der Waals surface area contributed by atoms with Crippen LogP contribution >= 0.6 is 11.8 Å². The van der Waals surface area contributed by atoms with Gasteiger partial charge in [0.1, 0.15) is 5.69 Å². The second-order valence-electron chi connectivity index (χ2n) is 4.24. The van der Waals surface area contributed by atoms with E-state index >= 15 is 0 Å². The Balaban J connectivity index is 1.79. The lowest BCUT2D eigenvalue weighted by atomic mass is 10.2. The van der Waals surface area contributed by atoms with Gasteiger partial charge in [-0.1, -0.05) is 42.1 Å². The van der Waals surface area contributed by atoms with Crippen LogP contribution in [0.25, 0.3) is 11.3 Å². The van der Waals surface area contributed by atoms with Gasteiger partial charge < -0.3 is 0 Å². The lowest BCUT2D eigenvalue weighted by molar-refractivity contribution is 0.687. The maximum absolute atomic E-state index is 4.35. The molecule has 0 spiro atoms. The molecule has 0 radical (unpaired) electrons. The molecule has 5 nitrogen and oxygen atoms in total. The van der Waals surface area contributed by atoms with Crippen molar-refractivity contribution in [2.24, 2.45) is 0 Å². The van der Waals surface area contributed by atoms with Gasteiger partial charge in [-0.3, -0.25) is 4.68 Å². The van der Waals surface area contributed by atoms with Crippen LogP contribution in [0.5, 0.6) is 0 Å². The van der Waals surface area contributed by atoms with Crippen LogP contribution in [-0.4, -0.2) is 31.2 Å². The van der Waals surface area contributed by atoms with E-state index in [4.69, 9.17) is 0 Å². The van der Waals surface area contributed by atoms with Gasteiger partial charge >= 0.3 is 0 Å². The first kappa shape index (κ1) is 12.8. The zero-order valence-electron chi connectivity index (χ0n) is 11.0. The first-order chi connectivity index (χ1) is 9.85. The summed E-state index contributed by atoms with van der Waals surface area (Å²) in [7, 11) is 0. The monoisotopic (exact) mass is 283 g/mol. The largest absolute Gasteiger partial charge is 0.268 e. The molecule has 20 heavy (non-hydrogen) atoms.